The van der Waals surface area contributed by atoms with Crippen LogP contribution in [0.15, 0.2) is 59.6 Å². The summed E-state index contributed by atoms with van der Waals surface area (Å²) < 4.78 is 51.4. The highest BCUT2D eigenvalue weighted by Crippen LogP contribution is 2.26. The molecule has 1 N–H and O–H groups in total. The van der Waals surface area contributed by atoms with Crippen LogP contribution in [0.1, 0.15) is 18.1 Å². The number of nitrogens with zero attached hydrogens (tertiary/aromatic N) is 2. The molecule has 0 aromatic heterocycles. The lowest BCUT2D eigenvalue weighted by molar-refractivity contribution is 0.282. The van der Waals surface area contributed by atoms with Gasteiger partial charge in [0.2, 0.25) is 5.96 Å². The van der Waals surface area contributed by atoms with Gasteiger partial charge in [0.1, 0.15) is 5.75 Å². The highest BCUT2D eigenvalue weighted by atomic mass is 19.2. The summed E-state index contributed by atoms with van der Waals surface area (Å²) in [6.07, 6.45) is 1.61. The average molecular weight is 417 g/mol. The van der Waals surface area contributed by atoms with Crippen LogP contribution in [0.4, 0.5) is 18.9 Å². The van der Waals surface area contributed by atoms with Crippen molar-refractivity contribution in [2.75, 3.05) is 13.7 Å². The minimum atomic E-state index is -1.50. The van der Waals surface area contributed by atoms with Gasteiger partial charge in [-0.3, -0.25) is 0 Å². The van der Waals surface area contributed by atoms with Crippen molar-refractivity contribution in [1.82, 2.24) is 10.2 Å². The smallest absolute Gasteiger partial charge is 0.208 e. The number of nitrogens with one attached hydrogen (secondary N) is 1. The van der Waals surface area contributed by atoms with E-state index in [1.165, 1.54) is 7.11 Å². The molecule has 2 aromatic rings. The maximum atomic E-state index is 13.7. The molecule has 0 radical (unpaired) electrons. The number of hydrogen-bond acceptors (Lipinski definition) is 3. The number of hydrogen-bond donors (Lipinski definition) is 1. The first kappa shape index (κ1) is 21.3. The molecule has 0 atom stereocenters. The van der Waals surface area contributed by atoms with E-state index in [9.17, 15) is 13.2 Å². The number of aliphatic imine (C=N–C) groups is 1. The van der Waals surface area contributed by atoms with Crippen LogP contribution in [0, 0.1) is 24.4 Å². The van der Waals surface area contributed by atoms with Crippen LogP contribution in [0.25, 0.3) is 0 Å². The topological polar surface area (TPSA) is 46.1 Å². The van der Waals surface area contributed by atoms with E-state index in [0.29, 0.717) is 29.7 Å². The Morgan fingerprint density at radius 3 is 2.43 bits per heavy atom. The van der Waals surface area contributed by atoms with E-state index in [-0.39, 0.29) is 12.1 Å². The van der Waals surface area contributed by atoms with Gasteiger partial charge in [-0.15, -0.1) is 0 Å². The summed E-state index contributed by atoms with van der Waals surface area (Å²) in [5.74, 6) is -2.47. The number of rotatable bonds is 6. The molecule has 158 valence electrons. The summed E-state index contributed by atoms with van der Waals surface area (Å²) in [7, 11) is 1.48. The van der Waals surface area contributed by atoms with Gasteiger partial charge < -0.3 is 19.7 Å². The fraction of sp³-hybridized carbons (Fsp3) is 0.227. The van der Waals surface area contributed by atoms with Crippen molar-refractivity contribution in [1.29, 1.82) is 0 Å². The van der Waals surface area contributed by atoms with Gasteiger partial charge in [0.05, 0.1) is 37.8 Å². The summed E-state index contributed by atoms with van der Waals surface area (Å²) >= 11 is 0. The van der Waals surface area contributed by atoms with Gasteiger partial charge in [0.15, 0.2) is 23.2 Å². The van der Waals surface area contributed by atoms with E-state index in [1.54, 1.807) is 17.2 Å². The van der Waals surface area contributed by atoms with Crippen LogP contribution in [0.2, 0.25) is 0 Å². The van der Waals surface area contributed by atoms with Crippen LogP contribution in [0.3, 0.4) is 0 Å². The SMILES string of the molecule is C=C1NC(=Nc2ccc(OCC)cc2C)N(Cc2cc(F)c(F)c(F)c2)C=C1OC. The molecule has 3 rings (SSSR count). The molecule has 1 aliphatic heterocycles. The number of halogens is 3. The second kappa shape index (κ2) is 8.94. The van der Waals surface area contributed by atoms with Gasteiger partial charge in [-0.2, -0.15) is 0 Å². The highest BCUT2D eigenvalue weighted by molar-refractivity contribution is 5.87. The van der Waals surface area contributed by atoms with Crippen LogP contribution in [0.5, 0.6) is 5.75 Å². The van der Waals surface area contributed by atoms with Gasteiger partial charge in [0, 0.05) is 0 Å². The molecule has 0 spiro atoms. The largest absolute Gasteiger partial charge is 0.494 e. The van der Waals surface area contributed by atoms with Gasteiger partial charge >= 0.3 is 0 Å². The minimum absolute atomic E-state index is 0.0240. The highest BCUT2D eigenvalue weighted by Gasteiger charge is 2.22. The van der Waals surface area contributed by atoms with Crippen LogP contribution in [-0.4, -0.2) is 24.6 Å². The normalized spacial score (nSPS) is 15.1. The van der Waals surface area contributed by atoms with Crippen LogP contribution < -0.4 is 10.1 Å². The first-order valence-corrected chi connectivity index (χ1v) is 9.26. The Kier molecular flexibility index (Phi) is 6.34. The molecule has 5 nitrogen and oxygen atoms in total. The quantitative estimate of drug-likeness (QED) is 0.679. The van der Waals surface area contributed by atoms with E-state index in [2.05, 4.69) is 16.9 Å². The van der Waals surface area contributed by atoms with E-state index in [0.717, 1.165) is 23.4 Å². The van der Waals surface area contributed by atoms with Crippen molar-refractivity contribution >= 4 is 11.6 Å². The first-order valence-electron chi connectivity index (χ1n) is 9.26. The molecule has 0 amide bonds. The lowest BCUT2D eigenvalue weighted by atomic mass is 10.2. The van der Waals surface area contributed by atoms with Gasteiger partial charge in [-0.25, -0.2) is 18.2 Å². The fourth-order valence-electron chi connectivity index (χ4n) is 2.96. The fourth-order valence-corrected chi connectivity index (χ4v) is 2.96. The summed E-state index contributed by atoms with van der Waals surface area (Å²) in [6, 6.07) is 7.37. The first-order chi connectivity index (χ1) is 14.3. The lowest BCUT2D eigenvalue weighted by Crippen LogP contribution is -2.41. The van der Waals surface area contributed by atoms with Gasteiger partial charge in [-0.05, 0) is 55.3 Å². The predicted molar refractivity (Wildman–Crippen MR) is 109 cm³/mol. The molecule has 8 heteroatoms. The van der Waals surface area contributed by atoms with Gasteiger partial charge in [-0.1, -0.05) is 6.58 Å². The Morgan fingerprint density at radius 1 is 1.13 bits per heavy atom. The van der Waals surface area contributed by atoms with Crippen molar-refractivity contribution in [3.63, 3.8) is 0 Å². The Labute approximate surface area is 173 Å². The summed E-state index contributed by atoms with van der Waals surface area (Å²) in [5, 5.41) is 3.04. The van der Waals surface area contributed by atoms with E-state index >= 15 is 0 Å². The molecule has 0 fully saturated rings. The molecule has 0 bridgehead atoms. The van der Waals surface area contributed by atoms with Crippen molar-refractivity contribution in [3.8, 4) is 5.75 Å². The zero-order valence-electron chi connectivity index (χ0n) is 16.9. The van der Waals surface area contributed by atoms with Crippen LogP contribution in [-0.2, 0) is 11.3 Å². The maximum Gasteiger partial charge on any atom is 0.208 e. The van der Waals surface area contributed by atoms with Crippen molar-refractivity contribution < 1.29 is 22.6 Å². The zero-order chi connectivity index (χ0) is 21.8. The Hall–Kier alpha value is -3.42. The molecule has 0 unspecified atom stereocenters. The molecule has 0 saturated heterocycles. The number of aryl methyl sites for hydroxylation is 1. The third-order valence-electron chi connectivity index (χ3n) is 4.43. The summed E-state index contributed by atoms with van der Waals surface area (Å²) in [5.41, 5.74) is 2.25. The molecule has 30 heavy (non-hydrogen) atoms. The maximum absolute atomic E-state index is 13.7. The monoisotopic (exact) mass is 417 g/mol. The lowest BCUT2D eigenvalue weighted by Gasteiger charge is -2.30. The summed E-state index contributed by atoms with van der Waals surface area (Å²) in [4.78, 5) is 6.24. The third kappa shape index (κ3) is 4.59. The zero-order valence-corrected chi connectivity index (χ0v) is 16.9. The molecule has 0 saturated carbocycles. The molecule has 1 heterocycles. The number of ether oxygens (including phenoxy) is 2. The van der Waals surface area contributed by atoms with Gasteiger partial charge in [0.25, 0.3) is 0 Å². The molecular weight excluding hydrogens is 395 g/mol. The Morgan fingerprint density at radius 2 is 1.83 bits per heavy atom. The summed E-state index contributed by atoms with van der Waals surface area (Å²) in [6.45, 7) is 8.27. The Bertz CT molecular complexity index is 1010. The van der Waals surface area contributed by atoms with Crippen LogP contribution >= 0.6 is 0 Å². The minimum Gasteiger partial charge on any atom is -0.494 e. The number of guanidine groups is 1. The van der Waals surface area contributed by atoms with E-state index < -0.39 is 17.5 Å². The number of benzene rings is 2. The standard InChI is InChI=1S/C22H22F3N3O2/c1-5-30-16-6-7-19(13(2)8-16)27-22-26-14(3)20(29-4)12-28(22)11-15-9-17(23)21(25)18(24)10-15/h6-10,12H,3,5,11H2,1-2,4H3,(H,26,27). The third-order valence-corrected chi connectivity index (χ3v) is 4.43. The second-order valence-corrected chi connectivity index (χ2v) is 6.62. The molecule has 2 aromatic carbocycles. The van der Waals surface area contributed by atoms with E-state index in [4.69, 9.17) is 9.47 Å². The molecular formula is C22H22F3N3O2. The second-order valence-electron chi connectivity index (χ2n) is 6.62. The van der Waals surface area contributed by atoms with Crippen molar-refractivity contribution in [2.24, 2.45) is 4.99 Å². The Balaban J connectivity index is 1.98. The average Bonchev–Trinajstić information content (AvgIpc) is 2.70. The van der Waals surface area contributed by atoms with E-state index in [1.807, 2.05) is 26.0 Å². The molecule has 1 aliphatic rings. The molecule has 0 aliphatic carbocycles. The van der Waals surface area contributed by atoms with Crippen molar-refractivity contribution in [2.45, 2.75) is 20.4 Å². The predicted octanol–water partition coefficient (Wildman–Crippen LogP) is 4.91. The van der Waals surface area contributed by atoms with Crippen molar-refractivity contribution in [3.05, 3.63) is 83.1 Å². The number of methoxy groups -OCH3 is 1.